The topological polar surface area (TPSA) is 94.1 Å². The van der Waals surface area contributed by atoms with Gasteiger partial charge in [0.25, 0.3) is 0 Å². The van der Waals surface area contributed by atoms with Gasteiger partial charge in [-0.05, 0) is 51.4 Å². The Morgan fingerprint density at radius 1 is 1.38 bits per heavy atom. The monoisotopic (exact) mass is 491 g/mol. The number of aryl methyl sites for hydroxylation is 1. The summed E-state index contributed by atoms with van der Waals surface area (Å²) in [6.07, 6.45) is -0.150. The Labute approximate surface area is 204 Å². The summed E-state index contributed by atoms with van der Waals surface area (Å²) >= 11 is 5.86. The Bertz CT molecular complexity index is 1290. The molecule has 1 fully saturated rings. The Morgan fingerprint density at radius 3 is 2.85 bits per heavy atom. The summed E-state index contributed by atoms with van der Waals surface area (Å²) in [7, 11) is 0. The molecule has 2 atom stereocenters. The first kappa shape index (κ1) is 21.5. The van der Waals surface area contributed by atoms with E-state index < -0.39 is 35.6 Å². The smallest absolute Gasteiger partial charge is 0.310 e. The summed E-state index contributed by atoms with van der Waals surface area (Å²) in [6, 6.07) is 7.94. The Morgan fingerprint density at radius 2 is 2.18 bits per heavy atom. The number of carbonyl (C=O) groups is 1. The van der Waals surface area contributed by atoms with Crippen LogP contribution >= 0.6 is 11.6 Å². The third-order valence-electron chi connectivity index (χ3n) is 6.11. The second kappa shape index (κ2) is 9.68. The molecule has 0 amide bonds. The number of nitrogens with one attached hydrogen (secondary N) is 2. The third kappa shape index (κ3) is 5.05. The van der Waals surface area contributed by atoms with Crippen molar-refractivity contribution in [1.29, 1.82) is 0 Å². The third-order valence-corrected chi connectivity index (χ3v) is 6.40. The minimum atomic E-state index is -2.23. The molecule has 3 N–H and O–H groups in total. The average molecular weight is 492 g/mol. The maximum Gasteiger partial charge on any atom is 0.310 e. The van der Waals surface area contributed by atoms with E-state index in [1.54, 1.807) is 13.0 Å². The molecule has 2 aromatic heterocycles. The van der Waals surface area contributed by atoms with Gasteiger partial charge >= 0.3 is 5.97 Å². The minimum Gasteiger partial charge on any atom is -0.481 e. The van der Waals surface area contributed by atoms with Crippen LogP contribution in [-0.2, 0) is 17.7 Å². The predicted molar refractivity (Wildman–Crippen MR) is 125 cm³/mol. The van der Waals surface area contributed by atoms with E-state index in [0.717, 1.165) is 5.69 Å². The fourth-order valence-electron chi connectivity index (χ4n) is 4.29. The van der Waals surface area contributed by atoms with Crippen LogP contribution in [0.15, 0.2) is 36.4 Å². The molecule has 180 valence electrons. The van der Waals surface area contributed by atoms with Gasteiger partial charge in [-0.1, -0.05) is 23.7 Å². The van der Waals surface area contributed by atoms with Crippen molar-refractivity contribution >= 4 is 29.2 Å². The summed E-state index contributed by atoms with van der Waals surface area (Å²) in [4.78, 5) is 18.2. The highest BCUT2D eigenvalue weighted by Crippen LogP contribution is 2.39. The van der Waals surface area contributed by atoms with Gasteiger partial charge in [-0.15, -0.1) is 0 Å². The number of anilines is 2. The lowest BCUT2D eigenvalue weighted by Crippen LogP contribution is -2.50. The van der Waals surface area contributed by atoms with Gasteiger partial charge in [-0.2, -0.15) is 5.10 Å². The van der Waals surface area contributed by atoms with E-state index in [0.29, 0.717) is 11.6 Å². The maximum absolute atomic E-state index is 14.7. The molecule has 1 aliphatic rings. The zero-order valence-electron chi connectivity index (χ0n) is 20.7. The maximum atomic E-state index is 14.7. The van der Waals surface area contributed by atoms with Crippen LogP contribution in [0.5, 0.6) is 0 Å². The molecule has 0 spiro atoms. The summed E-state index contributed by atoms with van der Waals surface area (Å²) in [5.41, 5.74) is -0.791. The van der Waals surface area contributed by atoms with Gasteiger partial charge in [0.05, 0.1) is 16.1 Å². The standard InChI is InChI=1S/C24H26ClF2N5O2/c1-14-10-21(31-30-14)29-20-7-6-18(26)19(28-20)12-24(23(33)34)8-9-32(15(2)11-24)13-16-4-3-5-17(25)22(16)27/h3-7,10,15H,8-9,11-13H2,1-2H3,(H,33,34)(H2,28,29,30,31)/i13D2. The molecule has 0 radical (unpaired) electrons. The molecule has 3 heterocycles. The zero-order chi connectivity index (χ0) is 26.3. The number of likely N-dealkylation sites (tertiary alicyclic amines) is 1. The van der Waals surface area contributed by atoms with E-state index in [9.17, 15) is 18.7 Å². The van der Waals surface area contributed by atoms with Gasteiger partial charge in [0.1, 0.15) is 17.5 Å². The first-order chi connectivity index (χ1) is 16.9. The van der Waals surface area contributed by atoms with Gasteiger partial charge in [0, 0.05) is 39.0 Å². The van der Waals surface area contributed by atoms with E-state index in [4.69, 9.17) is 14.3 Å². The van der Waals surface area contributed by atoms with Crippen LogP contribution in [0, 0.1) is 24.0 Å². The largest absolute Gasteiger partial charge is 0.481 e. The Balaban J connectivity index is 1.58. The normalized spacial score (nSPS) is 22.2. The molecule has 0 bridgehead atoms. The molecule has 10 heteroatoms. The first-order valence-corrected chi connectivity index (χ1v) is 11.2. The van der Waals surface area contributed by atoms with E-state index in [-0.39, 0.29) is 42.1 Å². The van der Waals surface area contributed by atoms with E-state index in [1.807, 2.05) is 6.92 Å². The molecule has 1 aromatic carbocycles. The lowest BCUT2D eigenvalue weighted by Gasteiger charge is -2.43. The molecular weight excluding hydrogens is 464 g/mol. The van der Waals surface area contributed by atoms with Crippen LogP contribution in [0.25, 0.3) is 0 Å². The first-order valence-electron chi connectivity index (χ1n) is 11.8. The van der Waals surface area contributed by atoms with E-state index in [1.165, 1.54) is 35.2 Å². The molecule has 0 saturated carbocycles. The Kier molecular flexibility index (Phi) is 6.12. The minimum absolute atomic E-state index is 0.0124. The SMILES string of the molecule is [2H]C([2H])(c1cccc(Cl)c1F)N1CCC(Cc2nc(Nc3cc(C)[nH]n3)ccc2F)(C(=O)O)CC1C. The van der Waals surface area contributed by atoms with Crippen molar-refractivity contribution in [2.24, 2.45) is 5.41 Å². The van der Waals surface area contributed by atoms with Crippen molar-refractivity contribution in [3.05, 3.63) is 70.0 Å². The number of benzene rings is 1. The summed E-state index contributed by atoms with van der Waals surface area (Å²) in [6.45, 7) is 1.29. The molecule has 3 aromatic rings. The number of pyridine rings is 1. The quantitative estimate of drug-likeness (QED) is 0.426. The number of carboxylic acid groups (broad SMARTS) is 1. The highest BCUT2D eigenvalue weighted by molar-refractivity contribution is 6.30. The van der Waals surface area contributed by atoms with Crippen molar-refractivity contribution in [1.82, 2.24) is 20.1 Å². The number of aliphatic carboxylic acids is 1. The van der Waals surface area contributed by atoms with Crippen molar-refractivity contribution in [3.63, 3.8) is 0 Å². The molecule has 4 rings (SSSR count). The fraction of sp³-hybridized carbons (Fsp3) is 0.375. The van der Waals surface area contributed by atoms with E-state index >= 15 is 0 Å². The molecule has 2 unspecified atom stereocenters. The summed E-state index contributed by atoms with van der Waals surface area (Å²) in [5.74, 6) is -1.80. The van der Waals surface area contributed by atoms with Crippen molar-refractivity contribution < 1.29 is 21.4 Å². The molecule has 0 aliphatic carbocycles. The summed E-state index contributed by atoms with van der Waals surface area (Å²) < 4.78 is 46.6. The lowest BCUT2D eigenvalue weighted by molar-refractivity contribution is -0.153. The number of halogens is 3. The lowest BCUT2D eigenvalue weighted by atomic mass is 9.72. The van der Waals surface area contributed by atoms with Gasteiger partial charge in [0.2, 0.25) is 0 Å². The predicted octanol–water partition coefficient (Wildman–Crippen LogP) is 5.09. The van der Waals surface area contributed by atoms with Gasteiger partial charge in [-0.25, -0.2) is 13.8 Å². The highest BCUT2D eigenvalue weighted by atomic mass is 35.5. The number of carboxylic acids is 1. The number of aromatic amines is 1. The number of aromatic nitrogens is 3. The molecule has 1 aliphatic heterocycles. The van der Waals surface area contributed by atoms with E-state index in [2.05, 4.69) is 20.5 Å². The molecule has 1 saturated heterocycles. The number of hydrogen-bond acceptors (Lipinski definition) is 5. The van der Waals surface area contributed by atoms with Crippen LogP contribution in [0.4, 0.5) is 20.4 Å². The Hall–Kier alpha value is -3.04. The molecule has 34 heavy (non-hydrogen) atoms. The molecule has 7 nitrogen and oxygen atoms in total. The van der Waals surface area contributed by atoms with Gasteiger partial charge in [0.15, 0.2) is 5.82 Å². The van der Waals surface area contributed by atoms with Crippen molar-refractivity contribution in [3.8, 4) is 0 Å². The average Bonchev–Trinajstić information content (AvgIpc) is 3.22. The van der Waals surface area contributed by atoms with Gasteiger partial charge in [-0.3, -0.25) is 14.8 Å². The number of hydrogen-bond donors (Lipinski definition) is 3. The van der Waals surface area contributed by atoms with Crippen LogP contribution in [0.1, 0.15) is 39.5 Å². The molecular formula is C24H26ClF2N5O2. The second-order valence-electron chi connectivity index (χ2n) is 8.66. The second-order valence-corrected chi connectivity index (χ2v) is 9.07. The fourth-order valence-corrected chi connectivity index (χ4v) is 4.46. The number of nitrogens with zero attached hydrogens (tertiary/aromatic N) is 3. The number of piperidine rings is 1. The van der Waals surface area contributed by atoms with Crippen LogP contribution in [-0.4, -0.2) is 43.7 Å². The van der Waals surface area contributed by atoms with Crippen LogP contribution in [0.3, 0.4) is 0 Å². The summed E-state index contributed by atoms with van der Waals surface area (Å²) in [5, 5.41) is 19.8. The number of rotatable bonds is 7. The zero-order valence-corrected chi connectivity index (χ0v) is 19.5. The van der Waals surface area contributed by atoms with Crippen LogP contribution < -0.4 is 5.32 Å². The van der Waals surface area contributed by atoms with Crippen molar-refractivity contribution in [2.75, 3.05) is 11.9 Å². The van der Waals surface area contributed by atoms with Crippen LogP contribution in [0.2, 0.25) is 5.02 Å². The number of H-pyrrole nitrogens is 1. The highest BCUT2D eigenvalue weighted by Gasteiger charge is 2.45. The van der Waals surface area contributed by atoms with Gasteiger partial charge < -0.3 is 10.4 Å². The van der Waals surface area contributed by atoms with Crippen molar-refractivity contribution in [2.45, 2.75) is 45.6 Å².